The number of hydrogen-bond acceptors (Lipinski definition) is 7. The lowest BCUT2D eigenvalue weighted by Crippen LogP contribution is -2.14. The predicted octanol–water partition coefficient (Wildman–Crippen LogP) is 5.68. The smallest absolute Gasteiger partial charge is 0.234 e. The maximum Gasteiger partial charge on any atom is 0.234 e. The topological polar surface area (TPSA) is 87.5 Å². The molecule has 0 radical (unpaired) electrons. The van der Waals surface area contributed by atoms with E-state index in [1.807, 2.05) is 98.1 Å². The van der Waals surface area contributed by atoms with E-state index < -0.39 is 0 Å². The van der Waals surface area contributed by atoms with Crippen molar-refractivity contribution in [1.82, 2.24) is 14.8 Å². The zero-order valence-electron chi connectivity index (χ0n) is 21.1. The molecule has 0 aliphatic carbocycles. The van der Waals surface area contributed by atoms with Gasteiger partial charge in [0.15, 0.2) is 11.0 Å². The molecule has 1 N–H and O–H groups in total. The second-order valence-corrected chi connectivity index (χ2v) is 9.00. The highest BCUT2D eigenvalue weighted by molar-refractivity contribution is 7.99. The van der Waals surface area contributed by atoms with Gasteiger partial charge in [-0.25, -0.2) is 0 Å². The summed E-state index contributed by atoms with van der Waals surface area (Å²) in [4.78, 5) is 12.6. The first-order chi connectivity index (χ1) is 18.1. The maximum absolute atomic E-state index is 12.6. The average molecular weight is 519 g/mol. The van der Waals surface area contributed by atoms with Crippen molar-refractivity contribution in [2.45, 2.75) is 32.5 Å². The number of nitrogens with zero attached hydrogens (tertiary/aromatic N) is 3. The van der Waals surface area contributed by atoms with E-state index in [9.17, 15) is 4.79 Å². The molecule has 0 aliphatic rings. The number of benzene rings is 3. The normalized spacial score (nSPS) is 10.7. The van der Waals surface area contributed by atoms with Crippen molar-refractivity contribution >= 4 is 23.4 Å². The van der Waals surface area contributed by atoms with E-state index in [0.717, 1.165) is 28.5 Å². The van der Waals surface area contributed by atoms with Crippen LogP contribution >= 0.6 is 11.8 Å². The van der Waals surface area contributed by atoms with Crippen LogP contribution < -0.4 is 19.5 Å². The van der Waals surface area contributed by atoms with Crippen molar-refractivity contribution in [2.75, 3.05) is 24.3 Å². The molecule has 0 aliphatic heterocycles. The van der Waals surface area contributed by atoms with E-state index >= 15 is 0 Å². The number of hydrogen-bond donors (Lipinski definition) is 1. The molecule has 0 atom stereocenters. The molecule has 0 saturated carbocycles. The largest absolute Gasteiger partial charge is 0.494 e. The maximum atomic E-state index is 12.6. The number of aryl methyl sites for hydroxylation is 1. The molecule has 1 aromatic heterocycles. The van der Waals surface area contributed by atoms with Crippen LogP contribution in [0.5, 0.6) is 17.2 Å². The van der Waals surface area contributed by atoms with Gasteiger partial charge in [-0.3, -0.25) is 9.36 Å². The first kappa shape index (κ1) is 26.1. The highest BCUT2D eigenvalue weighted by Gasteiger charge is 2.17. The number of thioether (sulfide) groups is 1. The van der Waals surface area contributed by atoms with Crippen LogP contribution in [-0.2, 0) is 11.4 Å². The molecule has 1 amide bonds. The monoisotopic (exact) mass is 518 g/mol. The van der Waals surface area contributed by atoms with Crippen LogP contribution in [0.15, 0.2) is 78.0 Å². The average Bonchev–Trinajstić information content (AvgIpc) is 3.32. The van der Waals surface area contributed by atoms with E-state index in [0.29, 0.717) is 29.9 Å². The Kier molecular flexibility index (Phi) is 9.04. The molecule has 3 aromatic carbocycles. The third-order valence-electron chi connectivity index (χ3n) is 5.28. The zero-order valence-corrected chi connectivity index (χ0v) is 22.0. The Morgan fingerprint density at radius 1 is 0.811 bits per heavy atom. The van der Waals surface area contributed by atoms with Crippen LogP contribution in [0.4, 0.5) is 5.69 Å². The van der Waals surface area contributed by atoms with Crippen LogP contribution in [0.2, 0.25) is 0 Å². The van der Waals surface area contributed by atoms with E-state index in [1.54, 1.807) is 0 Å². The lowest BCUT2D eigenvalue weighted by atomic mass is 10.2. The van der Waals surface area contributed by atoms with Crippen molar-refractivity contribution < 1.29 is 19.0 Å². The number of rotatable bonds is 12. The molecule has 0 fully saturated rings. The van der Waals surface area contributed by atoms with Gasteiger partial charge in [0.1, 0.15) is 23.9 Å². The lowest BCUT2D eigenvalue weighted by Gasteiger charge is -2.12. The first-order valence-corrected chi connectivity index (χ1v) is 13.1. The summed E-state index contributed by atoms with van der Waals surface area (Å²) >= 11 is 1.31. The zero-order chi connectivity index (χ0) is 26.0. The molecule has 8 nitrogen and oxygen atoms in total. The van der Waals surface area contributed by atoms with Crippen LogP contribution in [-0.4, -0.2) is 39.6 Å². The Morgan fingerprint density at radius 3 is 2.00 bits per heavy atom. The van der Waals surface area contributed by atoms with Crippen LogP contribution in [0.25, 0.3) is 5.69 Å². The number of nitrogens with one attached hydrogen (secondary N) is 1. The van der Waals surface area contributed by atoms with E-state index in [2.05, 4.69) is 15.5 Å². The van der Waals surface area contributed by atoms with Gasteiger partial charge in [-0.05, 0) is 81.4 Å². The fourth-order valence-electron chi connectivity index (χ4n) is 3.52. The third kappa shape index (κ3) is 7.27. The van der Waals surface area contributed by atoms with E-state index in [4.69, 9.17) is 14.2 Å². The number of anilines is 1. The van der Waals surface area contributed by atoms with Gasteiger partial charge in [-0.2, -0.15) is 0 Å². The quantitative estimate of drug-likeness (QED) is 0.241. The van der Waals surface area contributed by atoms with Gasteiger partial charge in [0, 0.05) is 11.4 Å². The molecule has 192 valence electrons. The Balaban J connectivity index is 1.48. The molecule has 4 aromatic rings. The van der Waals surface area contributed by atoms with Crippen molar-refractivity contribution in [3.05, 3.63) is 84.2 Å². The molecule has 9 heteroatoms. The molecule has 0 saturated heterocycles. The summed E-state index contributed by atoms with van der Waals surface area (Å²) in [6.45, 7) is 7.31. The number of amides is 1. The fraction of sp³-hybridized carbons (Fsp3) is 0.250. The molecule has 4 rings (SSSR count). The van der Waals surface area contributed by atoms with E-state index in [-0.39, 0.29) is 18.3 Å². The van der Waals surface area contributed by atoms with Crippen LogP contribution in [0.3, 0.4) is 0 Å². The van der Waals surface area contributed by atoms with Gasteiger partial charge in [0.25, 0.3) is 0 Å². The Labute approximate surface area is 221 Å². The summed E-state index contributed by atoms with van der Waals surface area (Å²) in [6, 6.07) is 22.8. The summed E-state index contributed by atoms with van der Waals surface area (Å²) in [7, 11) is 0. The summed E-state index contributed by atoms with van der Waals surface area (Å²) < 4.78 is 18.9. The van der Waals surface area contributed by atoms with Gasteiger partial charge in [-0.15, -0.1) is 10.2 Å². The van der Waals surface area contributed by atoms with Gasteiger partial charge in [0.05, 0.1) is 19.0 Å². The number of carbonyl (C=O) groups excluding carboxylic acids is 1. The van der Waals surface area contributed by atoms with E-state index in [1.165, 1.54) is 11.8 Å². The molecule has 1 heterocycles. The molecular formula is C28H30N4O4S. The number of ether oxygens (including phenoxy) is 3. The molecule has 0 spiro atoms. The molecule has 0 unspecified atom stereocenters. The minimum Gasteiger partial charge on any atom is -0.494 e. The van der Waals surface area contributed by atoms with Crippen molar-refractivity contribution in [3.8, 4) is 22.9 Å². The fourth-order valence-corrected chi connectivity index (χ4v) is 4.29. The lowest BCUT2D eigenvalue weighted by molar-refractivity contribution is -0.113. The van der Waals surface area contributed by atoms with Crippen LogP contribution in [0.1, 0.15) is 25.2 Å². The minimum absolute atomic E-state index is 0.146. The van der Waals surface area contributed by atoms with Crippen LogP contribution in [0, 0.1) is 6.92 Å². The van der Waals surface area contributed by atoms with Gasteiger partial charge in [-0.1, -0.05) is 29.5 Å². The van der Waals surface area contributed by atoms with Crippen molar-refractivity contribution in [2.24, 2.45) is 0 Å². The molecular weight excluding hydrogens is 488 g/mol. The Bertz CT molecular complexity index is 1290. The number of carbonyl (C=O) groups is 1. The third-order valence-corrected chi connectivity index (χ3v) is 6.21. The van der Waals surface area contributed by atoms with Gasteiger partial charge in [0.2, 0.25) is 5.91 Å². The standard InChI is InChI=1S/C28H30N4O4S/c1-4-34-23-14-8-21(9-15-23)29-27(33)19-37-28-31-30-26(18-36-25-12-6-20(3)7-13-25)32(28)22-10-16-24(17-11-22)35-5-2/h6-17H,4-5,18-19H2,1-3H3,(H,29,33). The SMILES string of the molecule is CCOc1ccc(NC(=O)CSc2nnc(COc3ccc(C)cc3)n2-c2ccc(OCC)cc2)cc1. The Morgan fingerprint density at radius 2 is 1.38 bits per heavy atom. The van der Waals surface area contributed by atoms with Gasteiger partial charge < -0.3 is 19.5 Å². The summed E-state index contributed by atoms with van der Waals surface area (Å²) in [5.74, 6) is 2.93. The van der Waals surface area contributed by atoms with Gasteiger partial charge >= 0.3 is 0 Å². The molecule has 37 heavy (non-hydrogen) atoms. The highest BCUT2D eigenvalue weighted by Crippen LogP contribution is 2.25. The Hall–Kier alpha value is -3.98. The van der Waals surface area contributed by atoms with Crippen molar-refractivity contribution in [1.29, 1.82) is 0 Å². The second kappa shape index (κ2) is 12.8. The highest BCUT2D eigenvalue weighted by atomic mass is 32.2. The second-order valence-electron chi connectivity index (χ2n) is 8.06. The molecule has 0 bridgehead atoms. The summed E-state index contributed by atoms with van der Waals surface area (Å²) in [5, 5.41) is 12.2. The minimum atomic E-state index is -0.146. The number of aromatic nitrogens is 3. The summed E-state index contributed by atoms with van der Waals surface area (Å²) in [6.07, 6.45) is 0. The first-order valence-electron chi connectivity index (χ1n) is 12.1. The predicted molar refractivity (Wildman–Crippen MR) is 145 cm³/mol. The van der Waals surface area contributed by atoms with Crippen molar-refractivity contribution in [3.63, 3.8) is 0 Å². The summed E-state index contributed by atoms with van der Waals surface area (Å²) in [5.41, 5.74) is 2.71.